The fourth-order valence-electron chi connectivity index (χ4n) is 1.83. The highest BCUT2D eigenvalue weighted by Crippen LogP contribution is 2.26. The summed E-state index contributed by atoms with van der Waals surface area (Å²) in [6, 6.07) is 10.4. The van der Waals surface area contributed by atoms with Crippen molar-refractivity contribution in [3.63, 3.8) is 0 Å². The van der Waals surface area contributed by atoms with Gasteiger partial charge in [0.05, 0.1) is 4.92 Å². The van der Waals surface area contributed by atoms with E-state index in [1.807, 2.05) is 0 Å². The Kier molecular flexibility index (Phi) is 5.41. The van der Waals surface area contributed by atoms with Crippen molar-refractivity contribution in [1.82, 2.24) is 0 Å². The quantitative estimate of drug-likeness (QED) is 0.640. The average molecular weight is 355 g/mol. The number of nitro groups is 1. The second-order valence-corrected chi connectivity index (χ2v) is 5.50. The standard InChI is InChI=1S/C15H12Cl2N2O4/c1-9(23-12-7-10(16)6-11(17)8-12)15(20)18-13-4-2-3-5-14(13)19(21)22/h2-9H,1H3,(H,18,20)/t9-/m1/s1. The van der Waals surface area contributed by atoms with Crippen LogP contribution in [0.25, 0.3) is 0 Å². The van der Waals surface area contributed by atoms with Crippen molar-refractivity contribution in [1.29, 1.82) is 0 Å². The third-order valence-corrected chi connectivity index (χ3v) is 3.31. The second-order valence-electron chi connectivity index (χ2n) is 4.63. The van der Waals surface area contributed by atoms with Crippen molar-refractivity contribution in [2.24, 2.45) is 0 Å². The van der Waals surface area contributed by atoms with Gasteiger partial charge in [-0.2, -0.15) is 0 Å². The van der Waals surface area contributed by atoms with Crippen LogP contribution in [0.15, 0.2) is 42.5 Å². The van der Waals surface area contributed by atoms with Crippen LogP contribution < -0.4 is 10.1 Å². The predicted octanol–water partition coefficient (Wildman–Crippen LogP) is 4.31. The van der Waals surface area contributed by atoms with E-state index >= 15 is 0 Å². The van der Waals surface area contributed by atoms with Gasteiger partial charge in [0.15, 0.2) is 6.10 Å². The van der Waals surface area contributed by atoms with Gasteiger partial charge in [0.25, 0.3) is 11.6 Å². The van der Waals surface area contributed by atoms with Crippen molar-refractivity contribution in [2.75, 3.05) is 5.32 Å². The zero-order chi connectivity index (χ0) is 17.0. The lowest BCUT2D eigenvalue weighted by Crippen LogP contribution is -2.30. The maximum absolute atomic E-state index is 12.1. The first-order valence-corrected chi connectivity index (χ1v) is 7.29. The van der Waals surface area contributed by atoms with Crippen LogP contribution in [-0.4, -0.2) is 16.9 Å². The molecule has 0 heterocycles. The largest absolute Gasteiger partial charge is 0.481 e. The summed E-state index contributed by atoms with van der Waals surface area (Å²) in [4.78, 5) is 22.5. The Morgan fingerprint density at radius 1 is 1.22 bits per heavy atom. The third kappa shape index (κ3) is 4.58. The van der Waals surface area contributed by atoms with E-state index < -0.39 is 16.9 Å². The monoisotopic (exact) mass is 354 g/mol. The lowest BCUT2D eigenvalue weighted by atomic mass is 10.2. The normalized spacial score (nSPS) is 11.6. The Bertz CT molecular complexity index is 732. The molecule has 8 heteroatoms. The lowest BCUT2D eigenvalue weighted by Gasteiger charge is -2.15. The van der Waals surface area contributed by atoms with Gasteiger partial charge in [-0.1, -0.05) is 35.3 Å². The molecule has 1 atom stereocenters. The SMILES string of the molecule is C[C@@H](Oc1cc(Cl)cc(Cl)c1)C(=O)Nc1ccccc1[N+](=O)[O-]. The molecular weight excluding hydrogens is 343 g/mol. The summed E-state index contributed by atoms with van der Waals surface area (Å²) in [5, 5.41) is 14.2. The molecule has 0 spiro atoms. The summed E-state index contributed by atoms with van der Waals surface area (Å²) >= 11 is 11.7. The van der Waals surface area contributed by atoms with Gasteiger partial charge >= 0.3 is 0 Å². The number of rotatable bonds is 5. The number of para-hydroxylation sites is 2. The van der Waals surface area contributed by atoms with Crippen molar-refractivity contribution >= 4 is 40.5 Å². The van der Waals surface area contributed by atoms with Crippen LogP contribution in [0.4, 0.5) is 11.4 Å². The van der Waals surface area contributed by atoms with Crippen LogP contribution in [-0.2, 0) is 4.79 Å². The number of halogens is 2. The molecule has 0 bridgehead atoms. The number of ether oxygens (including phenoxy) is 1. The minimum Gasteiger partial charge on any atom is -0.481 e. The Morgan fingerprint density at radius 3 is 2.43 bits per heavy atom. The van der Waals surface area contributed by atoms with Gasteiger partial charge in [0, 0.05) is 16.1 Å². The number of benzene rings is 2. The molecule has 0 aliphatic carbocycles. The summed E-state index contributed by atoms with van der Waals surface area (Å²) in [6.45, 7) is 1.51. The van der Waals surface area contributed by atoms with Crippen LogP contribution >= 0.6 is 23.2 Å². The molecule has 2 aromatic rings. The molecule has 6 nitrogen and oxygen atoms in total. The van der Waals surface area contributed by atoms with E-state index in [2.05, 4.69) is 5.32 Å². The van der Waals surface area contributed by atoms with Gasteiger partial charge < -0.3 is 10.1 Å². The number of carbonyl (C=O) groups is 1. The summed E-state index contributed by atoms with van der Waals surface area (Å²) in [7, 11) is 0. The number of anilines is 1. The minimum absolute atomic E-state index is 0.0991. The topological polar surface area (TPSA) is 81.5 Å². The molecule has 120 valence electrons. The van der Waals surface area contributed by atoms with Gasteiger partial charge in [-0.05, 0) is 31.2 Å². The van der Waals surface area contributed by atoms with E-state index in [-0.39, 0.29) is 11.4 Å². The molecule has 2 rings (SSSR count). The molecule has 23 heavy (non-hydrogen) atoms. The second kappa shape index (κ2) is 7.30. The molecule has 0 aliphatic rings. The Morgan fingerprint density at radius 2 is 1.83 bits per heavy atom. The molecule has 1 N–H and O–H groups in total. The first-order chi connectivity index (χ1) is 10.9. The summed E-state index contributed by atoms with van der Waals surface area (Å²) in [5.41, 5.74) is -0.0964. The summed E-state index contributed by atoms with van der Waals surface area (Å²) in [6.07, 6.45) is -0.899. The Labute approximate surface area is 142 Å². The van der Waals surface area contributed by atoms with Gasteiger partial charge in [0.2, 0.25) is 0 Å². The van der Waals surface area contributed by atoms with E-state index in [1.165, 1.54) is 43.3 Å². The molecule has 0 saturated heterocycles. The summed E-state index contributed by atoms with van der Waals surface area (Å²) < 4.78 is 5.46. The van der Waals surface area contributed by atoms with E-state index in [9.17, 15) is 14.9 Å². The van der Waals surface area contributed by atoms with Gasteiger partial charge in [-0.3, -0.25) is 14.9 Å². The number of hydrogen-bond donors (Lipinski definition) is 1. The highest BCUT2D eigenvalue weighted by Gasteiger charge is 2.20. The molecule has 0 aromatic heterocycles. The van der Waals surface area contributed by atoms with Gasteiger partial charge in [0.1, 0.15) is 11.4 Å². The van der Waals surface area contributed by atoms with Crippen LogP contribution in [0.5, 0.6) is 5.75 Å². The Balaban J connectivity index is 2.10. The third-order valence-electron chi connectivity index (χ3n) is 2.88. The van der Waals surface area contributed by atoms with Gasteiger partial charge in [-0.25, -0.2) is 0 Å². The van der Waals surface area contributed by atoms with Crippen LogP contribution in [0, 0.1) is 10.1 Å². The maximum Gasteiger partial charge on any atom is 0.292 e. The number of hydrogen-bond acceptors (Lipinski definition) is 4. The zero-order valence-electron chi connectivity index (χ0n) is 12.0. The maximum atomic E-state index is 12.1. The number of nitrogens with zero attached hydrogens (tertiary/aromatic N) is 1. The average Bonchev–Trinajstić information content (AvgIpc) is 2.46. The molecule has 0 saturated carbocycles. The number of amides is 1. The highest BCUT2D eigenvalue weighted by molar-refractivity contribution is 6.34. The minimum atomic E-state index is -0.899. The van der Waals surface area contributed by atoms with Gasteiger partial charge in [-0.15, -0.1) is 0 Å². The molecule has 0 fully saturated rings. The van der Waals surface area contributed by atoms with Crippen molar-refractivity contribution in [2.45, 2.75) is 13.0 Å². The molecule has 2 aromatic carbocycles. The molecule has 1 amide bonds. The summed E-state index contributed by atoms with van der Waals surface area (Å²) in [5.74, 6) is -0.205. The van der Waals surface area contributed by atoms with Crippen molar-refractivity contribution in [3.8, 4) is 5.75 Å². The van der Waals surface area contributed by atoms with Crippen LogP contribution in [0.3, 0.4) is 0 Å². The Hall–Kier alpha value is -2.31. The fourth-order valence-corrected chi connectivity index (χ4v) is 2.33. The van der Waals surface area contributed by atoms with Crippen molar-refractivity contribution < 1.29 is 14.5 Å². The fraction of sp³-hybridized carbons (Fsp3) is 0.133. The zero-order valence-corrected chi connectivity index (χ0v) is 13.5. The first-order valence-electron chi connectivity index (χ1n) is 6.54. The highest BCUT2D eigenvalue weighted by atomic mass is 35.5. The number of nitrogens with one attached hydrogen (secondary N) is 1. The van der Waals surface area contributed by atoms with Crippen molar-refractivity contribution in [3.05, 3.63) is 62.6 Å². The lowest BCUT2D eigenvalue weighted by molar-refractivity contribution is -0.383. The molecule has 0 radical (unpaired) electrons. The number of carbonyl (C=O) groups excluding carboxylic acids is 1. The van der Waals surface area contributed by atoms with E-state index in [1.54, 1.807) is 6.07 Å². The first kappa shape index (κ1) is 17.1. The van der Waals surface area contributed by atoms with Crippen LogP contribution in [0.1, 0.15) is 6.92 Å². The molecule has 0 unspecified atom stereocenters. The van der Waals surface area contributed by atoms with E-state index in [4.69, 9.17) is 27.9 Å². The number of nitro benzene ring substituents is 1. The van der Waals surface area contributed by atoms with Crippen LogP contribution in [0.2, 0.25) is 10.0 Å². The smallest absolute Gasteiger partial charge is 0.292 e. The molecular formula is C15H12Cl2N2O4. The van der Waals surface area contributed by atoms with E-state index in [0.29, 0.717) is 15.8 Å². The molecule has 0 aliphatic heterocycles. The van der Waals surface area contributed by atoms with E-state index in [0.717, 1.165) is 0 Å². The predicted molar refractivity (Wildman–Crippen MR) is 88.3 cm³/mol.